The van der Waals surface area contributed by atoms with Crippen LogP contribution in [0, 0.1) is 12.9 Å². The third-order valence-electron chi connectivity index (χ3n) is 1.63. The quantitative estimate of drug-likeness (QED) is 0.714. The third-order valence-corrected chi connectivity index (χ3v) is 2.71. The van der Waals surface area contributed by atoms with Crippen molar-refractivity contribution in [3.8, 4) is 0 Å². The van der Waals surface area contributed by atoms with Gasteiger partial charge in [-0.1, -0.05) is 11.8 Å². The smallest absolute Gasteiger partial charge is 0.217 e. The van der Waals surface area contributed by atoms with Gasteiger partial charge in [0, 0.05) is 6.07 Å². The van der Waals surface area contributed by atoms with E-state index >= 15 is 0 Å². The summed E-state index contributed by atoms with van der Waals surface area (Å²) in [4.78, 5) is 8.24. The van der Waals surface area contributed by atoms with Crippen molar-refractivity contribution in [1.82, 2.24) is 9.97 Å². The van der Waals surface area contributed by atoms with Gasteiger partial charge in [-0.3, -0.25) is 0 Å². The van der Waals surface area contributed by atoms with Gasteiger partial charge in [-0.15, -0.1) is 0 Å². The molecule has 0 aromatic carbocycles. The van der Waals surface area contributed by atoms with Gasteiger partial charge in [0.25, 0.3) is 0 Å². The van der Waals surface area contributed by atoms with E-state index in [4.69, 9.17) is 4.42 Å². The molecule has 2 aromatic rings. The first-order chi connectivity index (χ1) is 6.75. The van der Waals surface area contributed by atoms with Crippen LogP contribution in [0.15, 0.2) is 39.1 Å². The molecule has 0 saturated carbocycles. The number of aromatic nitrogens is 2. The van der Waals surface area contributed by atoms with Gasteiger partial charge in [0.1, 0.15) is 17.1 Å². The lowest BCUT2D eigenvalue weighted by Crippen LogP contribution is -1.86. The maximum Gasteiger partial charge on any atom is 0.217 e. The van der Waals surface area contributed by atoms with Crippen LogP contribution in [0.3, 0.4) is 0 Å². The van der Waals surface area contributed by atoms with Crippen molar-refractivity contribution in [3.63, 3.8) is 0 Å². The van der Waals surface area contributed by atoms with E-state index in [2.05, 4.69) is 9.97 Å². The van der Waals surface area contributed by atoms with Gasteiger partial charge in [-0.2, -0.15) is 4.39 Å². The molecule has 72 valence electrons. The molecule has 0 atom stereocenters. The summed E-state index contributed by atoms with van der Waals surface area (Å²) in [5.41, 5.74) is 0. The Morgan fingerprint density at radius 1 is 1.43 bits per heavy atom. The minimum atomic E-state index is -0.524. The van der Waals surface area contributed by atoms with Crippen LogP contribution in [0.5, 0.6) is 0 Å². The van der Waals surface area contributed by atoms with Gasteiger partial charge in [0.15, 0.2) is 0 Å². The second-order valence-corrected chi connectivity index (χ2v) is 3.68. The van der Waals surface area contributed by atoms with Crippen molar-refractivity contribution >= 4 is 11.8 Å². The lowest BCUT2D eigenvalue weighted by Gasteiger charge is -1.97. The average Bonchev–Trinajstić information content (AvgIpc) is 2.52. The Labute approximate surface area is 84.4 Å². The largest absolute Gasteiger partial charge is 0.468 e. The van der Waals surface area contributed by atoms with E-state index < -0.39 is 5.95 Å². The van der Waals surface area contributed by atoms with Crippen LogP contribution in [0.1, 0.15) is 5.76 Å². The van der Waals surface area contributed by atoms with Gasteiger partial charge >= 0.3 is 0 Å². The molecule has 0 bridgehead atoms. The summed E-state index contributed by atoms with van der Waals surface area (Å²) in [7, 11) is 0. The van der Waals surface area contributed by atoms with Crippen molar-refractivity contribution in [2.24, 2.45) is 0 Å². The number of hydrogen-bond acceptors (Lipinski definition) is 4. The fourth-order valence-electron chi connectivity index (χ4n) is 0.965. The normalized spacial score (nSPS) is 10.4. The molecular formula is C9H7FN2OS. The summed E-state index contributed by atoms with van der Waals surface area (Å²) in [5, 5.41) is 0.571. The predicted molar refractivity (Wildman–Crippen MR) is 49.6 cm³/mol. The highest BCUT2D eigenvalue weighted by molar-refractivity contribution is 7.99. The third kappa shape index (κ3) is 1.93. The molecule has 2 rings (SSSR count). The monoisotopic (exact) mass is 210 g/mol. The first kappa shape index (κ1) is 9.21. The topological polar surface area (TPSA) is 38.9 Å². The van der Waals surface area contributed by atoms with Gasteiger partial charge in [-0.25, -0.2) is 9.97 Å². The maximum absolute atomic E-state index is 12.7. The minimum Gasteiger partial charge on any atom is -0.468 e. The highest BCUT2D eigenvalue weighted by atomic mass is 32.2. The number of rotatable bonds is 2. The van der Waals surface area contributed by atoms with E-state index in [1.165, 1.54) is 24.2 Å². The SMILES string of the molecule is Cc1occc1Sc1cc(F)ncn1. The average molecular weight is 210 g/mol. The predicted octanol–water partition coefficient (Wildman–Crippen LogP) is 2.67. The van der Waals surface area contributed by atoms with Gasteiger partial charge < -0.3 is 4.42 Å². The summed E-state index contributed by atoms with van der Waals surface area (Å²) >= 11 is 1.35. The van der Waals surface area contributed by atoms with Crippen molar-refractivity contribution in [1.29, 1.82) is 0 Å². The Kier molecular flexibility index (Phi) is 2.49. The van der Waals surface area contributed by atoms with Gasteiger partial charge in [-0.05, 0) is 13.0 Å². The van der Waals surface area contributed by atoms with Crippen molar-refractivity contribution in [3.05, 3.63) is 36.4 Å². The van der Waals surface area contributed by atoms with E-state index in [1.54, 1.807) is 6.26 Å². The number of aryl methyl sites for hydroxylation is 1. The zero-order chi connectivity index (χ0) is 9.97. The Morgan fingerprint density at radius 2 is 2.29 bits per heavy atom. The van der Waals surface area contributed by atoms with Crippen LogP contribution in [-0.4, -0.2) is 9.97 Å². The molecule has 0 unspecified atom stereocenters. The molecule has 2 heterocycles. The highest BCUT2D eigenvalue weighted by Crippen LogP contribution is 2.29. The molecule has 0 aliphatic carbocycles. The lowest BCUT2D eigenvalue weighted by atomic mass is 10.5. The van der Waals surface area contributed by atoms with E-state index in [1.807, 2.05) is 13.0 Å². The zero-order valence-corrected chi connectivity index (χ0v) is 8.21. The Morgan fingerprint density at radius 3 is 2.93 bits per heavy atom. The molecule has 14 heavy (non-hydrogen) atoms. The van der Waals surface area contributed by atoms with Gasteiger partial charge in [0.2, 0.25) is 5.95 Å². The Bertz CT molecular complexity index is 444. The minimum absolute atomic E-state index is 0.524. The van der Waals surface area contributed by atoms with Crippen LogP contribution in [0.25, 0.3) is 0 Å². The second-order valence-electron chi connectivity index (χ2n) is 2.62. The molecule has 0 radical (unpaired) electrons. The molecule has 0 aliphatic rings. The molecule has 0 spiro atoms. The standard InChI is InChI=1S/C9H7FN2OS/c1-6-7(2-3-13-6)14-9-4-8(10)11-5-12-9/h2-5H,1H3. The first-order valence-corrected chi connectivity index (χ1v) is 4.77. The van der Waals surface area contributed by atoms with Crippen LogP contribution in [0.2, 0.25) is 0 Å². The van der Waals surface area contributed by atoms with E-state index in [-0.39, 0.29) is 0 Å². The summed E-state index contributed by atoms with van der Waals surface area (Å²) < 4.78 is 17.8. The fraction of sp³-hybridized carbons (Fsp3) is 0.111. The van der Waals surface area contributed by atoms with Crippen molar-refractivity contribution in [2.45, 2.75) is 16.8 Å². The van der Waals surface area contributed by atoms with E-state index in [0.717, 1.165) is 10.7 Å². The molecule has 0 aliphatic heterocycles. The zero-order valence-electron chi connectivity index (χ0n) is 7.40. The first-order valence-electron chi connectivity index (χ1n) is 3.95. The number of hydrogen-bond donors (Lipinski definition) is 0. The molecular weight excluding hydrogens is 203 g/mol. The van der Waals surface area contributed by atoms with Crippen LogP contribution in [-0.2, 0) is 0 Å². The number of halogens is 1. The van der Waals surface area contributed by atoms with Crippen molar-refractivity contribution in [2.75, 3.05) is 0 Å². The summed E-state index contributed by atoms with van der Waals surface area (Å²) in [5.74, 6) is 0.276. The van der Waals surface area contributed by atoms with Crippen LogP contribution < -0.4 is 0 Å². The van der Waals surface area contributed by atoms with Gasteiger partial charge in [0.05, 0.1) is 11.2 Å². The molecule has 2 aromatic heterocycles. The maximum atomic E-state index is 12.7. The number of nitrogens with zero attached hydrogens (tertiary/aromatic N) is 2. The van der Waals surface area contributed by atoms with E-state index in [0.29, 0.717) is 5.03 Å². The second kappa shape index (κ2) is 3.79. The van der Waals surface area contributed by atoms with Crippen LogP contribution >= 0.6 is 11.8 Å². The van der Waals surface area contributed by atoms with E-state index in [9.17, 15) is 4.39 Å². The molecule has 0 amide bonds. The molecule has 0 fully saturated rings. The fourth-order valence-corrected chi connectivity index (χ4v) is 1.76. The summed E-state index contributed by atoms with van der Waals surface area (Å²) in [6.45, 7) is 1.85. The Hall–Kier alpha value is -1.36. The molecule has 5 heteroatoms. The molecule has 0 saturated heterocycles. The summed E-state index contributed by atoms with van der Waals surface area (Å²) in [6.07, 6.45) is 2.79. The number of furan rings is 1. The van der Waals surface area contributed by atoms with Crippen molar-refractivity contribution < 1.29 is 8.81 Å². The van der Waals surface area contributed by atoms with Crippen LogP contribution in [0.4, 0.5) is 4.39 Å². The highest BCUT2D eigenvalue weighted by Gasteiger charge is 2.05. The molecule has 0 N–H and O–H groups in total. The summed E-state index contributed by atoms with van der Waals surface area (Å²) in [6, 6.07) is 3.11. The Balaban J connectivity index is 2.23. The lowest BCUT2D eigenvalue weighted by molar-refractivity contribution is 0.526. The molecule has 3 nitrogen and oxygen atoms in total.